The van der Waals surface area contributed by atoms with Crippen LogP contribution in [0.15, 0.2) is 42.7 Å². The van der Waals surface area contributed by atoms with E-state index in [1.165, 1.54) is 5.56 Å². The van der Waals surface area contributed by atoms with Gasteiger partial charge in [-0.05, 0) is 43.1 Å². The number of halogens is 3. The smallest absolute Gasteiger partial charge is 0.334 e. The monoisotopic (exact) mass is 374 g/mol. The van der Waals surface area contributed by atoms with Gasteiger partial charge >= 0.3 is 6.18 Å². The van der Waals surface area contributed by atoms with Crippen molar-refractivity contribution in [2.75, 3.05) is 13.6 Å². The molecular weight excluding hydrogens is 353 g/mol. The summed E-state index contributed by atoms with van der Waals surface area (Å²) in [5, 5.41) is 1.11. The van der Waals surface area contributed by atoms with Crippen LogP contribution in [0.5, 0.6) is 0 Å². The van der Waals surface area contributed by atoms with E-state index in [0.29, 0.717) is 24.7 Å². The fourth-order valence-corrected chi connectivity index (χ4v) is 3.84. The van der Waals surface area contributed by atoms with Crippen molar-refractivity contribution in [3.63, 3.8) is 0 Å². The second-order valence-corrected chi connectivity index (χ2v) is 7.32. The fourth-order valence-electron chi connectivity index (χ4n) is 3.84. The van der Waals surface area contributed by atoms with Crippen LogP contribution in [0.1, 0.15) is 23.5 Å². The lowest BCUT2D eigenvalue weighted by atomic mass is 9.98. The van der Waals surface area contributed by atoms with Crippen molar-refractivity contribution in [2.24, 2.45) is 5.92 Å². The van der Waals surface area contributed by atoms with Gasteiger partial charge in [-0.15, -0.1) is 0 Å². The molecule has 142 valence electrons. The molecular formula is C20H21F3N4. The molecule has 1 atom stereocenters. The van der Waals surface area contributed by atoms with Crippen molar-refractivity contribution in [1.82, 2.24) is 19.4 Å². The third-order valence-electron chi connectivity index (χ3n) is 5.07. The molecule has 0 bridgehead atoms. The maximum Gasteiger partial charge on any atom is 0.434 e. The van der Waals surface area contributed by atoms with Gasteiger partial charge in [0.2, 0.25) is 0 Å². The van der Waals surface area contributed by atoms with Gasteiger partial charge in [-0.1, -0.05) is 12.1 Å². The molecule has 1 aliphatic rings. The predicted octanol–water partition coefficient (Wildman–Crippen LogP) is 4.14. The van der Waals surface area contributed by atoms with Gasteiger partial charge in [0.25, 0.3) is 0 Å². The van der Waals surface area contributed by atoms with Crippen LogP contribution in [0.25, 0.3) is 10.9 Å². The minimum Gasteiger partial charge on any atom is -0.334 e. The highest BCUT2D eigenvalue weighted by atomic mass is 19.4. The van der Waals surface area contributed by atoms with Gasteiger partial charge in [-0.3, -0.25) is 4.98 Å². The minimum atomic E-state index is -4.37. The molecule has 0 fully saturated rings. The quantitative estimate of drug-likeness (QED) is 0.688. The van der Waals surface area contributed by atoms with E-state index in [0.717, 1.165) is 36.6 Å². The van der Waals surface area contributed by atoms with Crippen LogP contribution in [-0.2, 0) is 25.7 Å². The summed E-state index contributed by atoms with van der Waals surface area (Å²) in [4.78, 5) is 10.3. The number of alkyl halides is 3. The number of benzene rings is 1. The highest BCUT2D eigenvalue weighted by molar-refractivity contribution is 5.78. The summed E-state index contributed by atoms with van der Waals surface area (Å²) < 4.78 is 40.2. The molecule has 4 nitrogen and oxygen atoms in total. The Bertz CT molecular complexity index is 948. The standard InChI is InChI=1S/C20H21F3N4/c1-26(10-14-4-6-17-16(9-14)3-2-8-24-17)11-15-5-7-19-25-18(20(21,22)23)13-27(19)12-15/h2-4,6,8-9,13,15H,5,7,10-12H2,1H3/t15-/m1/s1. The van der Waals surface area contributed by atoms with Crippen LogP contribution in [-0.4, -0.2) is 33.0 Å². The average molecular weight is 374 g/mol. The number of fused-ring (bicyclic) bond motifs is 2. The Kier molecular flexibility index (Phi) is 4.63. The number of imidazole rings is 1. The first-order valence-corrected chi connectivity index (χ1v) is 9.04. The van der Waals surface area contributed by atoms with E-state index in [1.54, 1.807) is 10.8 Å². The Morgan fingerprint density at radius 3 is 2.93 bits per heavy atom. The van der Waals surface area contributed by atoms with Crippen molar-refractivity contribution >= 4 is 10.9 Å². The molecule has 0 radical (unpaired) electrons. The molecule has 0 saturated heterocycles. The summed E-state index contributed by atoms with van der Waals surface area (Å²) in [5.41, 5.74) is 1.40. The van der Waals surface area contributed by atoms with Crippen LogP contribution in [0.3, 0.4) is 0 Å². The lowest BCUT2D eigenvalue weighted by Gasteiger charge is -2.28. The Labute approximate surface area is 155 Å². The van der Waals surface area contributed by atoms with Crippen molar-refractivity contribution in [1.29, 1.82) is 0 Å². The molecule has 0 amide bonds. The van der Waals surface area contributed by atoms with Crippen molar-refractivity contribution in [3.8, 4) is 0 Å². The third-order valence-corrected chi connectivity index (χ3v) is 5.07. The lowest BCUT2D eigenvalue weighted by molar-refractivity contribution is -0.141. The van der Waals surface area contributed by atoms with E-state index in [1.807, 2.05) is 18.2 Å². The van der Waals surface area contributed by atoms with Crippen LogP contribution in [0, 0.1) is 5.92 Å². The van der Waals surface area contributed by atoms with Gasteiger partial charge in [0, 0.05) is 43.8 Å². The van der Waals surface area contributed by atoms with Crippen molar-refractivity contribution in [2.45, 2.75) is 32.1 Å². The van der Waals surface area contributed by atoms with E-state index in [2.05, 4.69) is 34.0 Å². The molecule has 0 aliphatic carbocycles. The summed E-state index contributed by atoms with van der Waals surface area (Å²) in [6.07, 6.45) is 0.0156. The molecule has 2 aromatic heterocycles. The molecule has 0 saturated carbocycles. The Morgan fingerprint density at radius 1 is 1.26 bits per heavy atom. The molecule has 3 aromatic rings. The van der Waals surface area contributed by atoms with Gasteiger partial charge in [0.1, 0.15) is 5.82 Å². The van der Waals surface area contributed by atoms with E-state index in [9.17, 15) is 13.2 Å². The summed E-state index contributed by atoms with van der Waals surface area (Å²) in [5.74, 6) is 0.864. The average Bonchev–Trinajstić information content (AvgIpc) is 3.05. The number of pyridine rings is 1. The molecule has 4 rings (SSSR count). The highest BCUT2D eigenvalue weighted by Gasteiger charge is 2.35. The second-order valence-electron chi connectivity index (χ2n) is 7.32. The van der Waals surface area contributed by atoms with Crippen LogP contribution in [0.2, 0.25) is 0 Å². The first-order valence-electron chi connectivity index (χ1n) is 9.04. The van der Waals surface area contributed by atoms with Crippen molar-refractivity contribution < 1.29 is 13.2 Å². The topological polar surface area (TPSA) is 34.0 Å². The van der Waals surface area contributed by atoms with Gasteiger partial charge in [-0.2, -0.15) is 13.2 Å². The molecule has 1 aromatic carbocycles. The minimum absolute atomic E-state index is 0.319. The molecule has 0 N–H and O–H groups in total. The zero-order valence-corrected chi connectivity index (χ0v) is 15.1. The van der Waals surface area contributed by atoms with Gasteiger partial charge in [0.15, 0.2) is 5.69 Å². The van der Waals surface area contributed by atoms with Crippen LogP contribution in [0.4, 0.5) is 13.2 Å². The number of nitrogens with zero attached hydrogens (tertiary/aromatic N) is 4. The number of aromatic nitrogens is 3. The summed E-state index contributed by atoms with van der Waals surface area (Å²) in [6.45, 7) is 2.22. The number of hydrogen-bond acceptors (Lipinski definition) is 3. The molecule has 0 unspecified atom stereocenters. The van der Waals surface area contributed by atoms with E-state index in [-0.39, 0.29) is 0 Å². The molecule has 0 spiro atoms. The Hall–Kier alpha value is -2.41. The fraction of sp³-hybridized carbons (Fsp3) is 0.400. The van der Waals surface area contributed by atoms with Crippen LogP contribution >= 0.6 is 0 Å². The summed E-state index contributed by atoms with van der Waals surface area (Å²) in [6, 6.07) is 10.2. The largest absolute Gasteiger partial charge is 0.434 e. The number of aryl methyl sites for hydroxylation is 1. The van der Waals surface area contributed by atoms with E-state index < -0.39 is 11.9 Å². The third kappa shape index (κ3) is 3.98. The van der Waals surface area contributed by atoms with Gasteiger partial charge < -0.3 is 9.47 Å². The predicted molar refractivity (Wildman–Crippen MR) is 97.1 cm³/mol. The highest BCUT2D eigenvalue weighted by Crippen LogP contribution is 2.31. The van der Waals surface area contributed by atoms with Crippen LogP contribution < -0.4 is 0 Å². The normalized spacial score (nSPS) is 17.4. The zero-order chi connectivity index (χ0) is 19.0. The number of hydrogen-bond donors (Lipinski definition) is 0. The maximum absolute atomic E-state index is 12.8. The second kappa shape index (κ2) is 6.96. The summed E-state index contributed by atoms with van der Waals surface area (Å²) in [7, 11) is 2.05. The number of rotatable bonds is 4. The Morgan fingerprint density at radius 2 is 2.11 bits per heavy atom. The SMILES string of the molecule is CN(Cc1ccc2ncccc2c1)C[C@H]1CCc2nc(C(F)(F)F)cn2C1. The molecule has 3 heterocycles. The zero-order valence-electron chi connectivity index (χ0n) is 15.1. The van der Waals surface area contributed by atoms with E-state index >= 15 is 0 Å². The van der Waals surface area contributed by atoms with E-state index in [4.69, 9.17) is 0 Å². The molecule has 7 heteroatoms. The molecule has 1 aliphatic heterocycles. The lowest BCUT2D eigenvalue weighted by Crippen LogP contribution is -2.31. The maximum atomic E-state index is 12.8. The Balaban J connectivity index is 1.39. The molecule has 27 heavy (non-hydrogen) atoms. The van der Waals surface area contributed by atoms with Crippen molar-refractivity contribution in [3.05, 3.63) is 59.8 Å². The van der Waals surface area contributed by atoms with Gasteiger partial charge in [0.05, 0.1) is 5.52 Å². The summed E-state index contributed by atoms with van der Waals surface area (Å²) >= 11 is 0. The first kappa shape index (κ1) is 18.0. The van der Waals surface area contributed by atoms with Gasteiger partial charge in [-0.25, -0.2) is 4.98 Å². The first-order chi connectivity index (χ1) is 12.9.